The minimum Gasteiger partial charge on any atom is -0.480 e. The first kappa shape index (κ1) is 19.0. The Morgan fingerprint density at radius 3 is 2.48 bits per heavy atom. The highest BCUT2D eigenvalue weighted by atomic mass is 16.5. The molecule has 0 heterocycles. The summed E-state index contributed by atoms with van der Waals surface area (Å²) in [6.45, 7) is 8.07. The molecule has 140 valence electrons. The van der Waals surface area contributed by atoms with Crippen LogP contribution in [0.15, 0.2) is 60.7 Å². The maximum absolute atomic E-state index is 12.7. The molecule has 2 atom stereocenters. The number of rotatable bonds is 6. The van der Waals surface area contributed by atoms with Crippen molar-refractivity contribution in [2.24, 2.45) is 0 Å². The minimum atomic E-state index is -0.573. The Morgan fingerprint density at radius 1 is 1.00 bits per heavy atom. The van der Waals surface area contributed by atoms with Crippen molar-refractivity contribution in [2.45, 2.75) is 46.3 Å². The maximum Gasteiger partial charge on any atom is 0.261 e. The van der Waals surface area contributed by atoms with Crippen LogP contribution < -0.4 is 10.1 Å². The van der Waals surface area contributed by atoms with Gasteiger partial charge in [-0.15, -0.1) is 0 Å². The Bertz CT molecular complexity index is 943. The lowest BCUT2D eigenvalue weighted by atomic mass is 9.99. The molecule has 1 amide bonds. The molecule has 3 aromatic carbocycles. The molecule has 1 N–H and O–H groups in total. The predicted molar refractivity (Wildman–Crippen MR) is 111 cm³/mol. The van der Waals surface area contributed by atoms with Crippen LogP contribution in [-0.4, -0.2) is 12.0 Å². The van der Waals surface area contributed by atoms with Crippen molar-refractivity contribution in [3.05, 3.63) is 77.4 Å². The number of amides is 1. The van der Waals surface area contributed by atoms with Crippen LogP contribution in [0.3, 0.4) is 0 Å². The van der Waals surface area contributed by atoms with E-state index in [1.54, 1.807) is 6.92 Å². The van der Waals surface area contributed by atoms with E-state index < -0.39 is 6.10 Å². The van der Waals surface area contributed by atoms with E-state index in [1.807, 2.05) is 42.5 Å². The Kier molecular flexibility index (Phi) is 5.80. The molecule has 0 saturated heterocycles. The van der Waals surface area contributed by atoms with E-state index >= 15 is 0 Å². The third kappa shape index (κ3) is 4.30. The number of ether oxygens (including phenoxy) is 1. The maximum atomic E-state index is 12.7. The zero-order valence-electron chi connectivity index (χ0n) is 16.5. The molecule has 3 rings (SSSR count). The van der Waals surface area contributed by atoms with E-state index in [1.165, 1.54) is 11.1 Å². The standard InChI is InChI=1S/C24H27NO2/c1-5-22(20-14-13-16(2)17(3)15-20)25-24(26)18(4)27-23-12-8-10-19-9-6-7-11-21(19)23/h6-15,18,22H,5H2,1-4H3,(H,25,26)/t18-,22+/m1/s1. The second-order valence-electron chi connectivity index (χ2n) is 7.05. The lowest BCUT2D eigenvalue weighted by molar-refractivity contribution is -0.128. The monoisotopic (exact) mass is 361 g/mol. The fraction of sp³-hybridized carbons (Fsp3) is 0.292. The van der Waals surface area contributed by atoms with Crippen LogP contribution in [0.5, 0.6) is 5.75 Å². The fourth-order valence-corrected chi connectivity index (χ4v) is 3.23. The van der Waals surface area contributed by atoms with Crippen LogP contribution in [0.25, 0.3) is 10.8 Å². The molecule has 0 aromatic heterocycles. The van der Waals surface area contributed by atoms with E-state index in [2.05, 4.69) is 44.3 Å². The summed E-state index contributed by atoms with van der Waals surface area (Å²) >= 11 is 0. The van der Waals surface area contributed by atoms with Gasteiger partial charge in [0.2, 0.25) is 0 Å². The Hall–Kier alpha value is -2.81. The quantitative estimate of drug-likeness (QED) is 0.630. The van der Waals surface area contributed by atoms with Gasteiger partial charge >= 0.3 is 0 Å². The highest BCUT2D eigenvalue weighted by molar-refractivity contribution is 5.89. The summed E-state index contributed by atoms with van der Waals surface area (Å²) in [6, 6.07) is 20.3. The molecule has 0 unspecified atom stereocenters. The average Bonchev–Trinajstić information content (AvgIpc) is 2.68. The van der Waals surface area contributed by atoms with Crippen LogP contribution >= 0.6 is 0 Å². The van der Waals surface area contributed by atoms with Gasteiger partial charge in [-0.05, 0) is 55.3 Å². The van der Waals surface area contributed by atoms with Crippen molar-refractivity contribution in [1.29, 1.82) is 0 Å². The molecule has 0 saturated carbocycles. The second kappa shape index (κ2) is 8.26. The van der Waals surface area contributed by atoms with Gasteiger partial charge in [0.05, 0.1) is 6.04 Å². The molecular formula is C24H27NO2. The summed E-state index contributed by atoms with van der Waals surface area (Å²) in [6.07, 6.45) is 0.256. The van der Waals surface area contributed by atoms with Gasteiger partial charge in [-0.1, -0.05) is 61.5 Å². The Labute approximate surface area is 161 Å². The number of carbonyl (C=O) groups excluding carboxylic acids is 1. The van der Waals surface area contributed by atoms with Gasteiger partial charge < -0.3 is 10.1 Å². The average molecular weight is 361 g/mol. The molecule has 27 heavy (non-hydrogen) atoms. The molecular weight excluding hydrogens is 334 g/mol. The summed E-state index contributed by atoms with van der Waals surface area (Å²) in [4.78, 5) is 12.7. The molecule has 3 nitrogen and oxygen atoms in total. The first-order valence-electron chi connectivity index (χ1n) is 9.51. The largest absolute Gasteiger partial charge is 0.480 e. The number of nitrogens with one attached hydrogen (secondary N) is 1. The molecule has 0 aliphatic carbocycles. The molecule has 0 bridgehead atoms. The van der Waals surface area contributed by atoms with E-state index in [-0.39, 0.29) is 11.9 Å². The zero-order chi connectivity index (χ0) is 19.4. The van der Waals surface area contributed by atoms with E-state index in [9.17, 15) is 4.79 Å². The van der Waals surface area contributed by atoms with Gasteiger partial charge in [-0.25, -0.2) is 0 Å². The predicted octanol–water partition coefficient (Wildman–Crippen LogP) is 5.49. The normalized spacial score (nSPS) is 13.2. The Morgan fingerprint density at radius 2 is 1.74 bits per heavy atom. The number of aryl methyl sites for hydroxylation is 2. The summed E-state index contributed by atoms with van der Waals surface area (Å²) in [5.74, 6) is 0.628. The van der Waals surface area contributed by atoms with Crippen molar-refractivity contribution >= 4 is 16.7 Å². The number of fused-ring (bicyclic) bond motifs is 1. The molecule has 0 radical (unpaired) electrons. The third-order valence-corrected chi connectivity index (χ3v) is 5.08. The molecule has 0 aliphatic heterocycles. The second-order valence-corrected chi connectivity index (χ2v) is 7.05. The van der Waals surface area contributed by atoms with Crippen molar-refractivity contribution < 1.29 is 9.53 Å². The van der Waals surface area contributed by atoms with Crippen molar-refractivity contribution in [3.63, 3.8) is 0 Å². The van der Waals surface area contributed by atoms with Gasteiger partial charge in [0.1, 0.15) is 5.75 Å². The number of benzene rings is 3. The highest BCUT2D eigenvalue weighted by Gasteiger charge is 2.20. The molecule has 3 heteroatoms. The highest BCUT2D eigenvalue weighted by Crippen LogP contribution is 2.26. The van der Waals surface area contributed by atoms with Crippen molar-refractivity contribution in [3.8, 4) is 5.75 Å². The smallest absolute Gasteiger partial charge is 0.261 e. The van der Waals surface area contributed by atoms with Gasteiger partial charge in [0.15, 0.2) is 6.10 Å². The SMILES string of the molecule is CC[C@H](NC(=O)[C@@H](C)Oc1cccc2ccccc12)c1ccc(C)c(C)c1. The first-order valence-corrected chi connectivity index (χ1v) is 9.51. The van der Waals surface area contributed by atoms with Gasteiger partial charge in [0.25, 0.3) is 5.91 Å². The lowest BCUT2D eigenvalue weighted by Crippen LogP contribution is -2.38. The molecule has 3 aromatic rings. The topological polar surface area (TPSA) is 38.3 Å². The van der Waals surface area contributed by atoms with Crippen LogP contribution in [0.1, 0.15) is 43.0 Å². The minimum absolute atomic E-state index is 0.0182. The fourth-order valence-electron chi connectivity index (χ4n) is 3.23. The van der Waals surface area contributed by atoms with Crippen LogP contribution in [0.2, 0.25) is 0 Å². The van der Waals surface area contributed by atoms with Gasteiger partial charge in [0, 0.05) is 5.39 Å². The lowest BCUT2D eigenvalue weighted by Gasteiger charge is -2.22. The summed E-state index contributed by atoms with van der Waals surface area (Å²) < 4.78 is 6.00. The van der Waals surface area contributed by atoms with E-state index in [0.29, 0.717) is 0 Å². The van der Waals surface area contributed by atoms with Crippen molar-refractivity contribution in [1.82, 2.24) is 5.32 Å². The summed E-state index contributed by atoms with van der Waals surface area (Å²) in [7, 11) is 0. The third-order valence-electron chi connectivity index (χ3n) is 5.08. The molecule has 0 spiro atoms. The molecule has 0 aliphatic rings. The van der Waals surface area contributed by atoms with Crippen molar-refractivity contribution in [2.75, 3.05) is 0 Å². The van der Waals surface area contributed by atoms with Gasteiger partial charge in [-0.2, -0.15) is 0 Å². The first-order chi connectivity index (χ1) is 13.0. The summed E-state index contributed by atoms with van der Waals surface area (Å²) in [5.41, 5.74) is 3.62. The Balaban J connectivity index is 1.73. The zero-order valence-corrected chi connectivity index (χ0v) is 16.5. The van der Waals surface area contributed by atoms with E-state index in [4.69, 9.17) is 4.74 Å². The molecule has 0 fully saturated rings. The van der Waals surface area contributed by atoms with Crippen LogP contribution in [0, 0.1) is 13.8 Å². The summed E-state index contributed by atoms with van der Waals surface area (Å²) in [5, 5.41) is 5.25. The number of carbonyl (C=O) groups is 1. The van der Waals surface area contributed by atoms with Crippen LogP contribution in [-0.2, 0) is 4.79 Å². The van der Waals surface area contributed by atoms with Crippen LogP contribution in [0.4, 0.5) is 0 Å². The van der Waals surface area contributed by atoms with Gasteiger partial charge in [-0.3, -0.25) is 4.79 Å². The number of hydrogen-bond acceptors (Lipinski definition) is 2. The number of hydrogen-bond donors (Lipinski definition) is 1. The van der Waals surface area contributed by atoms with E-state index in [0.717, 1.165) is 28.5 Å².